The molecule has 0 saturated heterocycles. The van der Waals surface area contributed by atoms with Crippen molar-refractivity contribution >= 4 is 49.6 Å². The molecule has 2 aromatic rings. The Bertz CT molecular complexity index is 698. The maximum absolute atomic E-state index is 14.2. The number of benzene rings is 1. The average Bonchev–Trinajstić information content (AvgIpc) is 2.85. The molecule has 0 spiro atoms. The zero-order chi connectivity index (χ0) is 15.6. The lowest BCUT2D eigenvalue weighted by Gasteiger charge is -2.05. The zero-order valence-corrected chi connectivity index (χ0v) is 13.7. The molecule has 1 heterocycles. The molecule has 0 saturated carbocycles. The smallest absolute Gasteiger partial charge is 0.315 e. The fourth-order valence-corrected chi connectivity index (χ4v) is 3.14. The van der Waals surface area contributed by atoms with Crippen LogP contribution in [0.1, 0.15) is 13.3 Å². The molecule has 0 aliphatic heterocycles. The fourth-order valence-electron chi connectivity index (χ4n) is 1.71. The Labute approximate surface area is 133 Å². The van der Waals surface area contributed by atoms with E-state index in [1.807, 2.05) is 0 Å². The van der Waals surface area contributed by atoms with E-state index in [0.717, 1.165) is 11.3 Å². The van der Waals surface area contributed by atoms with Gasteiger partial charge in [-0.15, -0.1) is 0 Å². The van der Waals surface area contributed by atoms with E-state index < -0.39 is 17.7 Å². The minimum Gasteiger partial charge on any atom is -0.495 e. The largest absolute Gasteiger partial charge is 0.495 e. The van der Waals surface area contributed by atoms with Crippen molar-refractivity contribution in [1.29, 1.82) is 0 Å². The van der Waals surface area contributed by atoms with E-state index in [9.17, 15) is 14.0 Å². The summed E-state index contributed by atoms with van der Waals surface area (Å²) in [5.74, 6) is -1.14. The van der Waals surface area contributed by atoms with E-state index in [0.29, 0.717) is 22.1 Å². The number of methoxy groups -OCH3 is 1. The van der Waals surface area contributed by atoms with Crippen molar-refractivity contribution in [3.8, 4) is 10.8 Å². The molecule has 21 heavy (non-hydrogen) atoms. The predicted octanol–water partition coefficient (Wildman–Crippen LogP) is 3.94. The Morgan fingerprint density at radius 1 is 1.52 bits per heavy atom. The molecule has 0 bridgehead atoms. The van der Waals surface area contributed by atoms with Crippen LogP contribution in [0, 0.1) is 11.7 Å². The molecule has 2 rings (SSSR count). The van der Waals surface area contributed by atoms with Gasteiger partial charge in [0.2, 0.25) is 0 Å². The third-order valence-corrected chi connectivity index (χ3v) is 4.62. The number of hydrogen-bond acceptors (Lipinski definition) is 5. The summed E-state index contributed by atoms with van der Waals surface area (Å²) in [6.07, 6.45) is 0.760. The van der Waals surface area contributed by atoms with Gasteiger partial charge in [0, 0.05) is 22.6 Å². The molecule has 1 unspecified atom stereocenters. The molecule has 7 heteroatoms. The molecule has 0 aliphatic rings. The van der Waals surface area contributed by atoms with Crippen molar-refractivity contribution in [3.63, 3.8) is 0 Å². The van der Waals surface area contributed by atoms with E-state index in [4.69, 9.17) is 9.47 Å². The molecule has 0 amide bonds. The maximum atomic E-state index is 14.2. The quantitative estimate of drug-likeness (QED) is 0.587. The van der Waals surface area contributed by atoms with Gasteiger partial charge in [-0.25, -0.2) is 4.39 Å². The second-order valence-corrected chi connectivity index (χ2v) is 6.25. The minimum atomic E-state index is -0.529. The van der Waals surface area contributed by atoms with Crippen LogP contribution in [0.2, 0.25) is 0 Å². The number of esters is 1. The number of fused-ring (bicyclic) bond motifs is 1. The molecule has 0 N–H and O–H groups in total. The zero-order valence-electron chi connectivity index (χ0n) is 11.3. The summed E-state index contributed by atoms with van der Waals surface area (Å²) in [5.41, 5.74) is 0. The van der Waals surface area contributed by atoms with Gasteiger partial charge in [0.15, 0.2) is 5.06 Å². The maximum Gasteiger partial charge on any atom is 0.315 e. The Hall–Kier alpha value is -1.47. The third kappa shape index (κ3) is 3.24. The molecule has 4 nitrogen and oxygen atoms in total. The van der Waals surface area contributed by atoms with Crippen LogP contribution < -0.4 is 9.47 Å². The number of aldehydes is 1. The average molecular weight is 375 g/mol. The van der Waals surface area contributed by atoms with Gasteiger partial charge in [-0.2, -0.15) is 0 Å². The summed E-state index contributed by atoms with van der Waals surface area (Å²) in [5, 5.41) is 0.630. The number of ether oxygens (including phenoxy) is 2. The molecule has 1 aromatic carbocycles. The lowest BCUT2D eigenvalue weighted by atomic mass is 10.1. The van der Waals surface area contributed by atoms with Crippen LogP contribution >= 0.6 is 27.3 Å². The molecule has 0 radical (unpaired) electrons. The van der Waals surface area contributed by atoms with Crippen molar-refractivity contribution in [2.75, 3.05) is 7.11 Å². The summed E-state index contributed by atoms with van der Waals surface area (Å²) < 4.78 is 25.3. The van der Waals surface area contributed by atoms with E-state index in [-0.39, 0.29) is 16.0 Å². The van der Waals surface area contributed by atoms with Gasteiger partial charge in [0.25, 0.3) is 0 Å². The van der Waals surface area contributed by atoms with Gasteiger partial charge in [-0.05, 0) is 22.0 Å². The summed E-state index contributed by atoms with van der Waals surface area (Å²) in [6, 6.07) is 3.13. The van der Waals surface area contributed by atoms with Crippen LogP contribution in [-0.4, -0.2) is 19.4 Å². The van der Waals surface area contributed by atoms with Gasteiger partial charge in [0.1, 0.15) is 17.9 Å². The summed E-state index contributed by atoms with van der Waals surface area (Å²) >= 11 is 4.26. The van der Waals surface area contributed by atoms with Crippen molar-refractivity contribution in [2.45, 2.75) is 13.3 Å². The van der Waals surface area contributed by atoms with Crippen LogP contribution in [0.5, 0.6) is 10.8 Å². The molecule has 0 aliphatic carbocycles. The van der Waals surface area contributed by atoms with Crippen molar-refractivity contribution < 1.29 is 23.5 Å². The van der Waals surface area contributed by atoms with Gasteiger partial charge >= 0.3 is 5.97 Å². The van der Waals surface area contributed by atoms with E-state index in [1.54, 1.807) is 13.0 Å². The molecular formula is C14H12BrFO4S. The first kappa shape index (κ1) is 15.9. The van der Waals surface area contributed by atoms with Crippen molar-refractivity contribution in [3.05, 3.63) is 22.4 Å². The van der Waals surface area contributed by atoms with E-state index in [2.05, 4.69) is 15.9 Å². The van der Waals surface area contributed by atoms with Crippen LogP contribution in [0.4, 0.5) is 4.39 Å². The highest BCUT2D eigenvalue weighted by atomic mass is 79.9. The van der Waals surface area contributed by atoms with Crippen molar-refractivity contribution in [1.82, 2.24) is 0 Å². The Balaban J connectivity index is 2.33. The molecule has 112 valence electrons. The normalized spacial score (nSPS) is 12.2. The first-order valence-electron chi connectivity index (χ1n) is 6.08. The second kappa shape index (κ2) is 6.53. The standard InChI is InChI=1S/C14H12BrFO4S/c1-7(3-4-17)14(18)20-11-5-8-10(21-11)6-9(19-2)12(15)13(8)16/h4-7H,3H2,1-2H3. The lowest BCUT2D eigenvalue weighted by Crippen LogP contribution is -2.17. The third-order valence-electron chi connectivity index (χ3n) is 2.92. The Kier molecular flexibility index (Phi) is 4.95. The molecular weight excluding hydrogens is 363 g/mol. The summed E-state index contributed by atoms with van der Waals surface area (Å²) in [6.45, 7) is 1.60. The monoisotopic (exact) mass is 374 g/mol. The first-order valence-corrected chi connectivity index (χ1v) is 7.69. The number of hydrogen-bond donors (Lipinski definition) is 0. The van der Waals surface area contributed by atoms with Gasteiger partial charge in [-0.1, -0.05) is 18.3 Å². The Morgan fingerprint density at radius 3 is 2.86 bits per heavy atom. The number of halogens is 2. The summed E-state index contributed by atoms with van der Waals surface area (Å²) in [7, 11) is 1.45. The summed E-state index contributed by atoms with van der Waals surface area (Å²) in [4.78, 5) is 22.1. The van der Waals surface area contributed by atoms with Crippen LogP contribution in [0.3, 0.4) is 0 Å². The SMILES string of the molecule is COc1cc2sc(OC(=O)C(C)CC=O)cc2c(F)c1Br. The lowest BCUT2D eigenvalue weighted by molar-refractivity contribution is -0.139. The molecule has 0 fully saturated rings. The number of rotatable bonds is 5. The fraction of sp³-hybridized carbons (Fsp3) is 0.286. The van der Waals surface area contributed by atoms with Gasteiger partial charge in [0.05, 0.1) is 17.5 Å². The molecule has 1 aromatic heterocycles. The highest BCUT2D eigenvalue weighted by Crippen LogP contribution is 2.40. The number of carbonyl (C=O) groups is 2. The highest BCUT2D eigenvalue weighted by Gasteiger charge is 2.19. The predicted molar refractivity (Wildman–Crippen MR) is 81.5 cm³/mol. The number of carbonyl (C=O) groups excluding carboxylic acids is 2. The second-order valence-electron chi connectivity index (χ2n) is 4.41. The topological polar surface area (TPSA) is 52.6 Å². The van der Waals surface area contributed by atoms with E-state index in [1.165, 1.54) is 13.2 Å². The van der Waals surface area contributed by atoms with Crippen LogP contribution in [-0.2, 0) is 9.59 Å². The number of thiophene rings is 1. The van der Waals surface area contributed by atoms with Crippen LogP contribution in [0.15, 0.2) is 16.6 Å². The highest BCUT2D eigenvalue weighted by molar-refractivity contribution is 9.10. The van der Waals surface area contributed by atoms with Gasteiger partial charge < -0.3 is 14.3 Å². The van der Waals surface area contributed by atoms with E-state index >= 15 is 0 Å². The minimum absolute atomic E-state index is 0.0947. The Morgan fingerprint density at radius 2 is 2.24 bits per heavy atom. The van der Waals surface area contributed by atoms with Crippen molar-refractivity contribution in [2.24, 2.45) is 5.92 Å². The van der Waals surface area contributed by atoms with Crippen LogP contribution in [0.25, 0.3) is 10.1 Å². The first-order chi connectivity index (χ1) is 9.97. The molecule has 1 atom stereocenters. The van der Waals surface area contributed by atoms with Gasteiger partial charge in [-0.3, -0.25) is 4.79 Å².